The molecule has 1 nitrogen and oxygen atoms in total. The fourth-order valence-electron chi connectivity index (χ4n) is 2.49. The van der Waals surface area contributed by atoms with Gasteiger partial charge in [-0.1, -0.05) is 27.2 Å². The second-order valence-electron chi connectivity index (χ2n) is 5.70. The summed E-state index contributed by atoms with van der Waals surface area (Å²) in [5, 5.41) is 0. The van der Waals surface area contributed by atoms with E-state index in [1.807, 2.05) is 6.26 Å². The van der Waals surface area contributed by atoms with Gasteiger partial charge in [0.1, 0.15) is 6.10 Å². The quantitative estimate of drug-likeness (QED) is 0.628. The first-order valence-electron chi connectivity index (χ1n) is 6.29. The van der Waals surface area contributed by atoms with E-state index in [0.717, 1.165) is 17.8 Å². The second kappa shape index (κ2) is 5.58. The van der Waals surface area contributed by atoms with Gasteiger partial charge in [0.2, 0.25) is 0 Å². The smallest absolute Gasteiger partial charge is 0.101 e. The molecule has 1 rings (SSSR count). The van der Waals surface area contributed by atoms with Crippen LogP contribution in [0.25, 0.3) is 0 Å². The molecule has 88 valence electrons. The molecule has 0 N–H and O–H groups in total. The van der Waals surface area contributed by atoms with Crippen molar-refractivity contribution < 1.29 is 4.74 Å². The Labute approximate surface area is 94.9 Å². The molecule has 1 heteroatoms. The molecular weight excluding hydrogens is 184 g/mol. The van der Waals surface area contributed by atoms with E-state index in [0.29, 0.717) is 6.10 Å². The fourth-order valence-corrected chi connectivity index (χ4v) is 2.49. The van der Waals surface area contributed by atoms with Crippen molar-refractivity contribution in [1.82, 2.24) is 0 Å². The maximum absolute atomic E-state index is 5.93. The maximum Gasteiger partial charge on any atom is 0.101 e. The Kier molecular flexibility index (Phi) is 4.69. The fraction of sp³-hybridized carbons (Fsp3) is 0.857. The minimum Gasteiger partial charge on any atom is -0.498 e. The van der Waals surface area contributed by atoms with Gasteiger partial charge in [-0.25, -0.2) is 0 Å². The van der Waals surface area contributed by atoms with Crippen LogP contribution in [-0.2, 0) is 4.74 Å². The normalized spacial score (nSPS) is 31.5. The Morgan fingerprint density at radius 3 is 2.47 bits per heavy atom. The summed E-state index contributed by atoms with van der Waals surface area (Å²) >= 11 is 0. The Balaban J connectivity index is 2.58. The molecule has 1 saturated carbocycles. The van der Waals surface area contributed by atoms with Crippen LogP contribution in [0.1, 0.15) is 53.9 Å². The second-order valence-corrected chi connectivity index (χ2v) is 5.70. The van der Waals surface area contributed by atoms with Gasteiger partial charge < -0.3 is 4.74 Å². The lowest BCUT2D eigenvalue weighted by molar-refractivity contribution is 0.0127. The lowest BCUT2D eigenvalue weighted by Crippen LogP contribution is -2.33. The monoisotopic (exact) mass is 210 g/mol. The molecule has 0 aliphatic heterocycles. The van der Waals surface area contributed by atoms with Gasteiger partial charge >= 0.3 is 0 Å². The lowest BCUT2D eigenvalue weighted by atomic mass is 9.75. The van der Waals surface area contributed by atoms with Crippen LogP contribution >= 0.6 is 0 Å². The van der Waals surface area contributed by atoms with Crippen molar-refractivity contribution in [2.24, 2.45) is 17.8 Å². The van der Waals surface area contributed by atoms with E-state index < -0.39 is 0 Å². The lowest BCUT2D eigenvalue weighted by Gasteiger charge is -2.36. The van der Waals surface area contributed by atoms with Gasteiger partial charge in [-0.3, -0.25) is 0 Å². The molecule has 1 aliphatic carbocycles. The van der Waals surface area contributed by atoms with Gasteiger partial charge in [-0.05, 0) is 50.0 Å². The van der Waals surface area contributed by atoms with Crippen LogP contribution in [0.4, 0.5) is 0 Å². The molecule has 3 atom stereocenters. The minimum absolute atomic E-state index is 0.448. The average molecular weight is 210 g/mol. The van der Waals surface area contributed by atoms with Gasteiger partial charge in [0, 0.05) is 0 Å². The number of ether oxygens (including phenoxy) is 1. The Morgan fingerprint density at radius 1 is 1.27 bits per heavy atom. The predicted octanol–water partition coefficient (Wildman–Crippen LogP) is 4.39. The highest BCUT2D eigenvalue weighted by Gasteiger charge is 2.31. The van der Waals surface area contributed by atoms with Crippen LogP contribution in [0.15, 0.2) is 11.8 Å². The number of allylic oxidation sites excluding steroid dienone is 1. The highest BCUT2D eigenvalue weighted by Crippen LogP contribution is 2.35. The van der Waals surface area contributed by atoms with E-state index in [4.69, 9.17) is 4.74 Å². The van der Waals surface area contributed by atoms with E-state index >= 15 is 0 Å². The van der Waals surface area contributed by atoms with Gasteiger partial charge in [-0.2, -0.15) is 0 Å². The van der Waals surface area contributed by atoms with Crippen molar-refractivity contribution in [3.8, 4) is 0 Å². The summed E-state index contributed by atoms with van der Waals surface area (Å²) in [5.74, 6) is 2.32. The topological polar surface area (TPSA) is 9.23 Å². The molecule has 0 saturated heterocycles. The number of hydrogen-bond acceptors (Lipinski definition) is 1. The summed E-state index contributed by atoms with van der Waals surface area (Å²) < 4.78 is 5.93. The van der Waals surface area contributed by atoms with Gasteiger partial charge in [-0.15, -0.1) is 0 Å². The van der Waals surface area contributed by atoms with Crippen molar-refractivity contribution in [1.29, 1.82) is 0 Å². The third kappa shape index (κ3) is 3.89. The zero-order valence-electron chi connectivity index (χ0n) is 10.9. The van der Waals surface area contributed by atoms with Crippen molar-refractivity contribution in [2.45, 2.75) is 60.0 Å². The van der Waals surface area contributed by atoms with E-state index in [1.54, 1.807) is 0 Å². The minimum atomic E-state index is 0.448. The molecule has 0 radical (unpaired) electrons. The van der Waals surface area contributed by atoms with Crippen LogP contribution < -0.4 is 0 Å². The summed E-state index contributed by atoms with van der Waals surface area (Å²) in [6, 6.07) is 0. The molecule has 0 aromatic heterocycles. The van der Waals surface area contributed by atoms with Crippen LogP contribution in [0.3, 0.4) is 0 Å². The molecule has 0 aromatic rings. The summed E-state index contributed by atoms with van der Waals surface area (Å²) in [7, 11) is 0. The highest BCUT2D eigenvalue weighted by atomic mass is 16.5. The molecule has 0 heterocycles. The highest BCUT2D eigenvalue weighted by molar-refractivity contribution is 4.89. The van der Waals surface area contributed by atoms with E-state index in [2.05, 4.69) is 34.6 Å². The zero-order valence-corrected chi connectivity index (χ0v) is 10.9. The number of hydrogen-bond donors (Lipinski definition) is 0. The van der Waals surface area contributed by atoms with Crippen LogP contribution in [-0.4, -0.2) is 6.10 Å². The summed E-state index contributed by atoms with van der Waals surface area (Å²) in [4.78, 5) is 0. The van der Waals surface area contributed by atoms with Crippen LogP contribution in [0, 0.1) is 17.8 Å². The predicted molar refractivity (Wildman–Crippen MR) is 65.6 cm³/mol. The maximum atomic E-state index is 5.93. The van der Waals surface area contributed by atoms with E-state index in [9.17, 15) is 0 Å². The third-order valence-corrected chi connectivity index (χ3v) is 3.44. The van der Waals surface area contributed by atoms with Crippen molar-refractivity contribution >= 4 is 0 Å². The zero-order chi connectivity index (χ0) is 11.4. The van der Waals surface area contributed by atoms with E-state index in [-0.39, 0.29) is 0 Å². The summed E-state index contributed by atoms with van der Waals surface area (Å²) in [5.41, 5.74) is 1.26. The average Bonchev–Trinajstić information content (AvgIpc) is 2.14. The SMILES string of the molecule is CC(C)=COC1CC(C)CCC1C(C)C. The molecule has 0 spiro atoms. The molecule has 15 heavy (non-hydrogen) atoms. The third-order valence-electron chi connectivity index (χ3n) is 3.44. The molecule has 0 aromatic carbocycles. The Hall–Kier alpha value is -0.460. The molecule has 0 bridgehead atoms. The molecular formula is C14H26O. The molecule has 1 aliphatic rings. The van der Waals surface area contributed by atoms with Crippen LogP contribution in [0.5, 0.6) is 0 Å². The van der Waals surface area contributed by atoms with Gasteiger partial charge in [0.15, 0.2) is 0 Å². The summed E-state index contributed by atoms with van der Waals surface area (Å²) in [6.45, 7) is 11.2. The first-order chi connectivity index (χ1) is 7.00. The first kappa shape index (κ1) is 12.6. The van der Waals surface area contributed by atoms with Gasteiger partial charge in [0.25, 0.3) is 0 Å². The Morgan fingerprint density at radius 2 is 1.93 bits per heavy atom. The van der Waals surface area contributed by atoms with Crippen molar-refractivity contribution in [2.75, 3.05) is 0 Å². The standard InChI is InChI=1S/C14H26O/c1-10(2)9-15-14-8-12(5)6-7-13(14)11(3)4/h9,11-14H,6-8H2,1-5H3. The molecule has 0 amide bonds. The molecule has 1 fully saturated rings. The molecule has 3 unspecified atom stereocenters. The van der Waals surface area contributed by atoms with Crippen LogP contribution in [0.2, 0.25) is 0 Å². The van der Waals surface area contributed by atoms with E-state index in [1.165, 1.54) is 24.8 Å². The summed E-state index contributed by atoms with van der Waals surface area (Å²) in [6.07, 6.45) is 6.33. The number of rotatable bonds is 3. The van der Waals surface area contributed by atoms with Crippen molar-refractivity contribution in [3.63, 3.8) is 0 Å². The first-order valence-corrected chi connectivity index (χ1v) is 6.29. The van der Waals surface area contributed by atoms with Crippen molar-refractivity contribution in [3.05, 3.63) is 11.8 Å². The largest absolute Gasteiger partial charge is 0.498 e. The van der Waals surface area contributed by atoms with Gasteiger partial charge in [0.05, 0.1) is 6.26 Å². The Bertz CT molecular complexity index is 213.